The minimum absolute atomic E-state index is 1.28. The van der Waals surface area contributed by atoms with Crippen molar-refractivity contribution in [3.05, 3.63) is 11.0 Å². The molecule has 0 atom stereocenters. The van der Waals surface area contributed by atoms with Crippen LogP contribution in [0.25, 0.3) is 0 Å². The highest BCUT2D eigenvalue weighted by molar-refractivity contribution is 6.25. The van der Waals surface area contributed by atoms with E-state index in [9.17, 15) is 0 Å². The van der Waals surface area contributed by atoms with Gasteiger partial charge in [-0.25, -0.2) is 0 Å². The minimum atomic E-state index is 1.28. The Bertz CT molecular complexity index is 92.1. The van der Waals surface area contributed by atoms with E-state index in [1.807, 2.05) is 0 Å². The van der Waals surface area contributed by atoms with Crippen LogP contribution in [0.5, 0.6) is 0 Å². The first-order valence-electron chi connectivity index (χ1n) is 2.52. The Morgan fingerprint density at radius 1 is 1.83 bits per heavy atom. The summed E-state index contributed by atoms with van der Waals surface area (Å²) in [7, 11) is 2.21. The summed E-state index contributed by atoms with van der Waals surface area (Å²) in [6, 6.07) is 0. The molecule has 0 nitrogen and oxygen atoms in total. The van der Waals surface area contributed by atoms with E-state index >= 15 is 0 Å². The third-order valence-electron chi connectivity index (χ3n) is 1.38. The van der Waals surface area contributed by atoms with Crippen LogP contribution in [0.3, 0.4) is 0 Å². The lowest BCUT2D eigenvalue weighted by atomic mass is 10.1. The first-order chi connectivity index (χ1) is 2.84. The molecule has 1 heteroatoms. The fourth-order valence-corrected chi connectivity index (χ4v) is 0.703. The molecule has 0 bridgehead atoms. The van der Waals surface area contributed by atoms with Crippen LogP contribution in [-0.2, 0) is 0 Å². The summed E-state index contributed by atoms with van der Waals surface area (Å²) in [6.45, 7) is 2.21. The highest BCUT2D eigenvalue weighted by Gasteiger charge is 2.11. The molecule has 0 aliphatic heterocycles. The molecule has 0 aromatic heterocycles. The molecule has 32 valence electrons. The first-order valence-corrected chi connectivity index (χ1v) is 2.52. The van der Waals surface area contributed by atoms with Crippen molar-refractivity contribution in [1.82, 2.24) is 0 Å². The summed E-state index contributed by atoms with van der Waals surface area (Å²) in [4.78, 5) is 0. The average molecular weight is 79.9 g/mol. The van der Waals surface area contributed by atoms with Crippen molar-refractivity contribution in [3.63, 3.8) is 0 Å². The first kappa shape index (κ1) is 3.98. The molecular weight excluding hydrogens is 70.9 g/mol. The zero-order chi connectivity index (χ0) is 4.57. The molecule has 0 heterocycles. The van der Waals surface area contributed by atoms with E-state index in [4.69, 9.17) is 0 Å². The molecule has 0 aromatic rings. The second-order valence-corrected chi connectivity index (χ2v) is 1.91. The monoisotopic (exact) mass is 80.1 g/mol. The van der Waals surface area contributed by atoms with Gasteiger partial charge in [-0.1, -0.05) is 12.5 Å². The van der Waals surface area contributed by atoms with E-state index in [1.165, 1.54) is 12.8 Å². The predicted molar refractivity (Wildman–Crippen MR) is 30.5 cm³/mol. The third-order valence-corrected chi connectivity index (χ3v) is 1.38. The van der Waals surface area contributed by atoms with Gasteiger partial charge in [0.15, 0.2) is 0 Å². The van der Waals surface area contributed by atoms with Gasteiger partial charge in [-0.15, -0.1) is 5.47 Å². The molecule has 0 fully saturated rings. The van der Waals surface area contributed by atoms with Crippen molar-refractivity contribution in [2.24, 2.45) is 0 Å². The normalized spacial score (nSPS) is 18.8. The number of allylic oxidation sites excluding steroid dienone is 2. The SMILES string of the molecule is BC1=C(CC)C1. The molecule has 0 radical (unpaired) electrons. The van der Waals surface area contributed by atoms with Crippen LogP contribution in [0.4, 0.5) is 0 Å². The molecule has 1 aliphatic rings. The molecule has 1 aliphatic carbocycles. The molecule has 0 amide bonds. The average Bonchev–Trinajstić information content (AvgIpc) is 2.19. The maximum absolute atomic E-state index is 2.21. The Kier molecular flexibility index (Phi) is 0.757. The quantitative estimate of drug-likeness (QED) is 0.406. The zero-order valence-corrected chi connectivity index (χ0v) is 4.41. The molecule has 0 N–H and O–H groups in total. The number of hydrogen-bond acceptors (Lipinski definition) is 0. The van der Waals surface area contributed by atoms with E-state index in [2.05, 4.69) is 14.8 Å². The van der Waals surface area contributed by atoms with E-state index in [-0.39, 0.29) is 0 Å². The van der Waals surface area contributed by atoms with Crippen LogP contribution in [0.15, 0.2) is 11.0 Å². The molecular formula is C5H9B. The fraction of sp³-hybridized carbons (Fsp3) is 0.600. The van der Waals surface area contributed by atoms with Gasteiger partial charge in [0, 0.05) is 0 Å². The van der Waals surface area contributed by atoms with Gasteiger partial charge in [-0.2, -0.15) is 0 Å². The summed E-state index contributed by atoms with van der Waals surface area (Å²) >= 11 is 0. The predicted octanol–water partition coefficient (Wildman–Crippen LogP) is 0.687. The van der Waals surface area contributed by atoms with Crippen LogP contribution < -0.4 is 0 Å². The van der Waals surface area contributed by atoms with Gasteiger partial charge in [0.2, 0.25) is 0 Å². The Balaban J connectivity index is 2.38. The summed E-state index contributed by atoms with van der Waals surface area (Å²) in [5.74, 6) is 0. The fourth-order valence-electron chi connectivity index (χ4n) is 0.703. The topological polar surface area (TPSA) is 0 Å². The maximum atomic E-state index is 2.21. The molecule has 0 saturated carbocycles. The summed E-state index contributed by atoms with van der Waals surface area (Å²) in [6.07, 6.45) is 2.61. The summed E-state index contributed by atoms with van der Waals surface area (Å²) in [5, 5.41) is 0. The number of hydrogen-bond donors (Lipinski definition) is 0. The molecule has 6 heavy (non-hydrogen) atoms. The molecule has 0 aromatic carbocycles. The highest BCUT2D eigenvalue weighted by atomic mass is 14.1. The zero-order valence-electron chi connectivity index (χ0n) is 4.41. The maximum Gasteiger partial charge on any atom is 0.134 e. The Morgan fingerprint density at radius 3 is 2.33 bits per heavy atom. The van der Waals surface area contributed by atoms with Crippen LogP contribution in [0.2, 0.25) is 0 Å². The van der Waals surface area contributed by atoms with E-state index in [0.717, 1.165) is 0 Å². The lowest BCUT2D eigenvalue weighted by Gasteiger charge is -1.68. The van der Waals surface area contributed by atoms with Crippen molar-refractivity contribution < 1.29 is 0 Å². The summed E-state index contributed by atoms with van der Waals surface area (Å²) < 4.78 is 0. The van der Waals surface area contributed by atoms with Crippen molar-refractivity contribution in [1.29, 1.82) is 0 Å². The lowest BCUT2D eigenvalue weighted by molar-refractivity contribution is 1.15. The van der Waals surface area contributed by atoms with Crippen LogP contribution in [0.1, 0.15) is 19.8 Å². The lowest BCUT2D eigenvalue weighted by Crippen LogP contribution is -1.49. The van der Waals surface area contributed by atoms with Gasteiger partial charge < -0.3 is 0 Å². The smallest absolute Gasteiger partial charge is 0.107 e. The van der Waals surface area contributed by atoms with Gasteiger partial charge in [-0.05, 0) is 12.8 Å². The van der Waals surface area contributed by atoms with Crippen molar-refractivity contribution >= 4 is 7.85 Å². The van der Waals surface area contributed by atoms with Crippen LogP contribution >= 0.6 is 0 Å². The van der Waals surface area contributed by atoms with Gasteiger partial charge in [0.25, 0.3) is 0 Å². The van der Waals surface area contributed by atoms with Gasteiger partial charge in [0.1, 0.15) is 7.85 Å². The Morgan fingerprint density at radius 2 is 2.33 bits per heavy atom. The highest BCUT2D eigenvalue weighted by Crippen LogP contribution is 2.29. The standard InChI is InChI=1S/C5H9B/c1-2-4-3-5(4)6/h2-3,6H2,1H3. The van der Waals surface area contributed by atoms with Gasteiger partial charge >= 0.3 is 0 Å². The number of rotatable bonds is 1. The second-order valence-electron chi connectivity index (χ2n) is 1.91. The molecule has 1 rings (SSSR count). The minimum Gasteiger partial charge on any atom is -0.107 e. The Hall–Kier alpha value is -0.195. The Labute approximate surface area is 39.7 Å². The van der Waals surface area contributed by atoms with Crippen LogP contribution in [0, 0.1) is 0 Å². The molecule has 0 unspecified atom stereocenters. The van der Waals surface area contributed by atoms with Crippen LogP contribution in [-0.4, -0.2) is 7.85 Å². The van der Waals surface area contributed by atoms with Crippen molar-refractivity contribution in [2.45, 2.75) is 19.8 Å². The van der Waals surface area contributed by atoms with E-state index < -0.39 is 0 Å². The molecule has 0 spiro atoms. The third kappa shape index (κ3) is 0.491. The van der Waals surface area contributed by atoms with Crippen molar-refractivity contribution in [2.75, 3.05) is 0 Å². The van der Waals surface area contributed by atoms with Gasteiger partial charge in [-0.3, -0.25) is 0 Å². The second kappa shape index (κ2) is 1.14. The summed E-state index contributed by atoms with van der Waals surface area (Å²) in [5.41, 5.74) is 3.30. The van der Waals surface area contributed by atoms with Gasteiger partial charge in [0.05, 0.1) is 0 Å². The van der Waals surface area contributed by atoms with E-state index in [0.29, 0.717) is 0 Å². The van der Waals surface area contributed by atoms with E-state index in [1.54, 1.807) is 11.0 Å². The van der Waals surface area contributed by atoms with Crippen molar-refractivity contribution in [3.8, 4) is 0 Å². The largest absolute Gasteiger partial charge is 0.134 e. The molecule has 0 saturated heterocycles.